The Hall–Kier alpha value is -1.95. The van der Waals surface area contributed by atoms with Gasteiger partial charge in [-0.05, 0) is 45.0 Å². The summed E-state index contributed by atoms with van der Waals surface area (Å²) in [5.74, 6) is -0.719. The quantitative estimate of drug-likeness (QED) is 0.814. The molecule has 2 rings (SSSR count). The van der Waals surface area contributed by atoms with Crippen LogP contribution in [0.2, 0.25) is 0 Å². The van der Waals surface area contributed by atoms with Crippen LogP contribution in [0, 0.1) is 6.92 Å². The van der Waals surface area contributed by atoms with Gasteiger partial charge in [-0.3, -0.25) is 9.59 Å². The van der Waals surface area contributed by atoms with Gasteiger partial charge in [-0.2, -0.15) is 0 Å². The Labute approximate surface area is 118 Å². The number of rotatable bonds is 4. The Bertz CT molecular complexity index is 498. The van der Waals surface area contributed by atoms with Crippen molar-refractivity contribution >= 4 is 11.8 Å². The minimum Gasteiger partial charge on any atom is -0.368 e. The van der Waals surface area contributed by atoms with E-state index in [1.165, 1.54) is 0 Å². The van der Waals surface area contributed by atoms with Crippen molar-refractivity contribution in [2.75, 3.05) is 19.6 Å². The number of carbonyl (C=O) groups excluding carboxylic acids is 2. The average molecular weight is 276 g/mol. The van der Waals surface area contributed by atoms with Crippen molar-refractivity contribution < 1.29 is 9.59 Å². The lowest BCUT2D eigenvalue weighted by molar-refractivity contribution is -0.119. The molecule has 3 N–H and O–H groups in total. The average Bonchev–Trinajstić information content (AvgIpc) is 2.45. The first-order valence-corrected chi connectivity index (χ1v) is 6.81. The predicted octanol–water partition coefficient (Wildman–Crippen LogP) is 0.0695. The Morgan fingerprint density at radius 1 is 1.40 bits per heavy atom. The molecule has 1 aromatic rings. The highest BCUT2D eigenvalue weighted by Gasteiger charge is 2.28. The fourth-order valence-electron chi connectivity index (χ4n) is 2.46. The molecular formula is C14H20N4O2. The van der Waals surface area contributed by atoms with Crippen LogP contribution in [0.5, 0.6) is 0 Å². The lowest BCUT2D eigenvalue weighted by atomic mass is 10.0. The Balaban J connectivity index is 2.20. The van der Waals surface area contributed by atoms with Crippen molar-refractivity contribution in [3.05, 3.63) is 29.6 Å². The number of pyridine rings is 1. The van der Waals surface area contributed by atoms with Crippen molar-refractivity contribution in [3.8, 4) is 0 Å². The minimum absolute atomic E-state index is 0.0403. The summed E-state index contributed by atoms with van der Waals surface area (Å²) in [6.45, 7) is 3.46. The zero-order valence-electron chi connectivity index (χ0n) is 11.6. The summed E-state index contributed by atoms with van der Waals surface area (Å²) in [4.78, 5) is 29.6. The topological polar surface area (TPSA) is 88.3 Å². The van der Waals surface area contributed by atoms with Crippen LogP contribution in [0.25, 0.3) is 0 Å². The van der Waals surface area contributed by atoms with Gasteiger partial charge in [-0.1, -0.05) is 6.07 Å². The van der Waals surface area contributed by atoms with E-state index in [2.05, 4.69) is 10.3 Å². The molecule has 1 aromatic heterocycles. The number of nitrogens with one attached hydrogen (secondary N) is 1. The van der Waals surface area contributed by atoms with E-state index >= 15 is 0 Å². The van der Waals surface area contributed by atoms with Crippen LogP contribution >= 0.6 is 0 Å². The number of hydrogen-bond donors (Lipinski definition) is 2. The maximum atomic E-state index is 12.6. The molecule has 0 bridgehead atoms. The van der Waals surface area contributed by atoms with E-state index in [1.54, 1.807) is 17.0 Å². The second-order valence-electron chi connectivity index (χ2n) is 5.04. The molecule has 0 unspecified atom stereocenters. The third-order valence-electron chi connectivity index (χ3n) is 3.44. The summed E-state index contributed by atoms with van der Waals surface area (Å²) < 4.78 is 0. The number of nitrogens with zero attached hydrogens (tertiary/aromatic N) is 2. The van der Waals surface area contributed by atoms with Crippen molar-refractivity contribution in [2.45, 2.75) is 25.8 Å². The molecule has 20 heavy (non-hydrogen) atoms. The van der Waals surface area contributed by atoms with Crippen molar-refractivity contribution in [1.29, 1.82) is 0 Å². The molecule has 108 valence electrons. The number of amides is 2. The second kappa shape index (κ2) is 6.47. The number of primary amides is 1. The number of carbonyl (C=O) groups is 2. The van der Waals surface area contributed by atoms with E-state index in [0.29, 0.717) is 5.69 Å². The molecular weight excluding hydrogens is 256 g/mol. The van der Waals surface area contributed by atoms with Gasteiger partial charge in [-0.15, -0.1) is 0 Å². The molecule has 1 aliphatic rings. The van der Waals surface area contributed by atoms with E-state index in [1.807, 2.05) is 13.0 Å². The first-order chi connectivity index (χ1) is 9.58. The van der Waals surface area contributed by atoms with Crippen molar-refractivity contribution in [2.24, 2.45) is 5.73 Å². The number of aromatic nitrogens is 1. The third kappa shape index (κ3) is 3.54. The van der Waals surface area contributed by atoms with E-state index in [4.69, 9.17) is 5.73 Å². The lowest BCUT2D eigenvalue weighted by Crippen LogP contribution is -2.49. The summed E-state index contributed by atoms with van der Waals surface area (Å²) in [6, 6.07) is 5.34. The molecule has 6 heteroatoms. The molecule has 2 amide bonds. The highest BCUT2D eigenvalue weighted by Crippen LogP contribution is 2.15. The summed E-state index contributed by atoms with van der Waals surface area (Å²) >= 11 is 0. The standard InChI is InChI=1S/C14H20N4O2/c1-10-3-2-4-12(17-10)14(20)18(9-13(15)19)11-5-7-16-8-6-11/h2-4,11,16H,5-9H2,1H3,(H2,15,19). The summed E-state index contributed by atoms with van der Waals surface area (Å²) in [5.41, 5.74) is 6.42. The summed E-state index contributed by atoms with van der Waals surface area (Å²) in [6.07, 6.45) is 1.65. The largest absolute Gasteiger partial charge is 0.368 e. The van der Waals surface area contributed by atoms with Crippen LogP contribution in [-0.4, -0.2) is 47.4 Å². The molecule has 6 nitrogen and oxygen atoms in total. The van der Waals surface area contributed by atoms with Crippen LogP contribution in [0.15, 0.2) is 18.2 Å². The highest BCUT2D eigenvalue weighted by atomic mass is 16.2. The van der Waals surface area contributed by atoms with Crippen LogP contribution in [-0.2, 0) is 4.79 Å². The van der Waals surface area contributed by atoms with E-state index in [0.717, 1.165) is 31.6 Å². The van der Waals surface area contributed by atoms with Crippen LogP contribution in [0.4, 0.5) is 0 Å². The molecule has 1 saturated heterocycles. The van der Waals surface area contributed by atoms with Gasteiger partial charge in [-0.25, -0.2) is 4.98 Å². The number of nitrogens with two attached hydrogens (primary N) is 1. The van der Waals surface area contributed by atoms with Gasteiger partial charge in [0.05, 0.1) is 6.54 Å². The first kappa shape index (κ1) is 14.5. The fourth-order valence-corrected chi connectivity index (χ4v) is 2.46. The Morgan fingerprint density at radius 3 is 2.70 bits per heavy atom. The van der Waals surface area contributed by atoms with Gasteiger partial charge in [0.15, 0.2) is 0 Å². The monoisotopic (exact) mass is 276 g/mol. The number of piperidine rings is 1. The van der Waals surface area contributed by atoms with Gasteiger partial charge in [0.1, 0.15) is 5.69 Å². The third-order valence-corrected chi connectivity index (χ3v) is 3.44. The summed E-state index contributed by atoms with van der Waals surface area (Å²) in [5, 5.41) is 3.24. The molecule has 0 radical (unpaired) electrons. The van der Waals surface area contributed by atoms with Gasteiger partial charge in [0.2, 0.25) is 5.91 Å². The van der Waals surface area contributed by atoms with E-state index < -0.39 is 5.91 Å². The van der Waals surface area contributed by atoms with Crippen molar-refractivity contribution in [3.63, 3.8) is 0 Å². The van der Waals surface area contributed by atoms with E-state index in [9.17, 15) is 9.59 Å². The minimum atomic E-state index is -0.496. The van der Waals surface area contributed by atoms with Gasteiger partial charge < -0.3 is 16.0 Å². The zero-order chi connectivity index (χ0) is 14.5. The molecule has 0 spiro atoms. The molecule has 0 aliphatic carbocycles. The van der Waals surface area contributed by atoms with Gasteiger partial charge in [0.25, 0.3) is 5.91 Å². The smallest absolute Gasteiger partial charge is 0.273 e. The Kier molecular flexibility index (Phi) is 4.68. The van der Waals surface area contributed by atoms with E-state index in [-0.39, 0.29) is 18.5 Å². The second-order valence-corrected chi connectivity index (χ2v) is 5.04. The molecule has 2 heterocycles. The molecule has 1 aliphatic heterocycles. The van der Waals surface area contributed by atoms with Crippen LogP contribution in [0.1, 0.15) is 29.0 Å². The Morgan fingerprint density at radius 2 is 2.10 bits per heavy atom. The maximum Gasteiger partial charge on any atom is 0.273 e. The maximum absolute atomic E-state index is 12.6. The lowest BCUT2D eigenvalue weighted by Gasteiger charge is -2.33. The predicted molar refractivity (Wildman–Crippen MR) is 75.1 cm³/mol. The molecule has 0 atom stereocenters. The molecule has 0 aromatic carbocycles. The van der Waals surface area contributed by atoms with Gasteiger partial charge in [0, 0.05) is 11.7 Å². The number of hydrogen-bond acceptors (Lipinski definition) is 4. The first-order valence-electron chi connectivity index (χ1n) is 6.81. The normalized spacial score (nSPS) is 15.8. The zero-order valence-corrected chi connectivity index (χ0v) is 11.6. The number of aryl methyl sites for hydroxylation is 1. The van der Waals surface area contributed by atoms with Crippen molar-refractivity contribution in [1.82, 2.24) is 15.2 Å². The SMILES string of the molecule is Cc1cccc(C(=O)N(CC(N)=O)C2CCNCC2)n1. The van der Waals surface area contributed by atoms with Gasteiger partial charge >= 0.3 is 0 Å². The summed E-state index contributed by atoms with van der Waals surface area (Å²) in [7, 11) is 0. The fraction of sp³-hybridized carbons (Fsp3) is 0.500. The highest BCUT2D eigenvalue weighted by molar-refractivity contribution is 5.95. The molecule has 1 fully saturated rings. The molecule has 0 saturated carbocycles. The van der Waals surface area contributed by atoms with Crippen LogP contribution < -0.4 is 11.1 Å². The van der Waals surface area contributed by atoms with Crippen LogP contribution in [0.3, 0.4) is 0 Å².